The van der Waals surface area contributed by atoms with Gasteiger partial charge >= 0.3 is 12.1 Å². The Hall–Kier alpha value is -2.88. The fraction of sp³-hybridized carbons (Fsp3) is 0.389. The Labute approximate surface area is 158 Å². The van der Waals surface area contributed by atoms with E-state index in [4.69, 9.17) is 5.11 Å². The molecule has 10 heteroatoms. The summed E-state index contributed by atoms with van der Waals surface area (Å²) < 4.78 is 40.2. The number of rotatable bonds is 7. The van der Waals surface area contributed by atoms with Gasteiger partial charge in [-0.05, 0) is 37.6 Å². The molecule has 0 radical (unpaired) electrons. The van der Waals surface area contributed by atoms with Crippen molar-refractivity contribution in [2.45, 2.75) is 38.5 Å². The summed E-state index contributed by atoms with van der Waals surface area (Å²) in [6, 6.07) is 5.04. The maximum atomic E-state index is 13.3. The Morgan fingerprint density at radius 1 is 1.21 bits per heavy atom. The number of alkyl halides is 3. The number of aromatic nitrogens is 2. The molecule has 0 saturated carbocycles. The SMILES string of the molecule is CCCC(C)(O)CNC(=O)c1ccc(-n2ncc(C(=O)O)c2C(F)(F)F)cc1. The normalized spacial score (nSPS) is 13.8. The van der Waals surface area contributed by atoms with Gasteiger partial charge in [0.15, 0.2) is 5.69 Å². The fourth-order valence-electron chi connectivity index (χ4n) is 2.73. The molecule has 2 aromatic rings. The van der Waals surface area contributed by atoms with Crippen molar-refractivity contribution >= 4 is 11.9 Å². The summed E-state index contributed by atoms with van der Waals surface area (Å²) in [6.07, 6.45) is -3.06. The van der Waals surface area contributed by atoms with Crippen LogP contribution in [0.2, 0.25) is 0 Å². The van der Waals surface area contributed by atoms with E-state index >= 15 is 0 Å². The van der Waals surface area contributed by atoms with Crippen molar-refractivity contribution in [2.75, 3.05) is 6.54 Å². The van der Waals surface area contributed by atoms with Crippen LogP contribution in [0.25, 0.3) is 5.69 Å². The monoisotopic (exact) mass is 399 g/mol. The number of hydrogen-bond donors (Lipinski definition) is 3. The first-order chi connectivity index (χ1) is 13.0. The number of carbonyl (C=O) groups is 2. The number of carbonyl (C=O) groups excluding carboxylic acids is 1. The number of aromatic carboxylic acids is 1. The summed E-state index contributed by atoms with van der Waals surface area (Å²) in [5, 5.41) is 25.1. The maximum Gasteiger partial charge on any atom is 0.434 e. The third-order valence-corrected chi connectivity index (χ3v) is 4.06. The third-order valence-electron chi connectivity index (χ3n) is 4.06. The first-order valence-electron chi connectivity index (χ1n) is 8.46. The highest BCUT2D eigenvalue weighted by molar-refractivity contribution is 5.94. The van der Waals surface area contributed by atoms with E-state index < -0.39 is 34.9 Å². The first-order valence-corrected chi connectivity index (χ1v) is 8.46. The standard InChI is InChI=1S/C18H20F3N3O4/c1-3-8-17(2,28)10-22-15(25)11-4-6-12(7-5-11)24-14(18(19,20)21)13(9-23-24)16(26)27/h4-7,9,28H,3,8,10H2,1-2H3,(H,22,25)(H,26,27). The van der Waals surface area contributed by atoms with Crippen molar-refractivity contribution < 1.29 is 33.0 Å². The smallest absolute Gasteiger partial charge is 0.434 e. The van der Waals surface area contributed by atoms with Crippen molar-refractivity contribution in [1.29, 1.82) is 0 Å². The summed E-state index contributed by atoms with van der Waals surface area (Å²) in [4.78, 5) is 23.2. The molecule has 1 amide bonds. The van der Waals surface area contributed by atoms with Gasteiger partial charge in [0.05, 0.1) is 17.5 Å². The Morgan fingerprint density at radius 3 is 2.32 bits per heavy atom. The summed E-state index contributed by atoms with van der Waals surface area (Å²) in [5.74, 6) is -2.24. The lowest BCUT2D eigenvalue weighted by atomic mass is 10.0. The van der Waals surface area contributed by atoms with Gasteiger partial charge in [0.2, 0.25) is 0 Å². The average Bonchev–Trinajstić information content (AvgIpc) is 3.05. The number of carboxylic acid groups (broad SMARTS) is 1. The topological polar surface area (TPSA) is 104 Å². The Balaban J connectivity index is 2.24. The number of nitrogens with zero attached hydrogens (tertiary/aromatic N) is 2. The van der Waals surface area contributed by atoms with E-state index in [0.29, 0.717) is 17.3 Å². The number of amides is 1. The van der Waals surface area contributed by atoms with E-state index in [1.807, 2.05) is 6.92 Å². The number of carboxylic acids is 1. The number of aliphatic hydroxyl groups is 1. The molecular formula is C18H20F3N3O4. The van der Waals surface area contributed by atoms with E-state index in [9.17, 15) is 27.9 Å². The molecule has 0 aliphatic heterocycles. The molecule has 1 heterocycles. The molecule has 0 saturated heterocycles. The lowest BCUT2D eigenvalue weighted by Gasteiger charge is -2.22. The van der Waals surface area contributed by atoms with E-state index in [1.54, 1.807) is 6.92 Å². The van der Waals surface area contributed by atoms with Gasteiger partial charge in [0.1, 0.15) is 5.56 Å². The lowest BCUT2D eigenvalue weighted by molar-refractivity contribution is -0.143. The zero-order valence-electron chi connectivity index (χ0n) is 15.2. The second-order valence-electron chi connectivity index (χ2n) is 6.60. The summed E-state index contributed by atoms with van der Waals surface area (Å²) >= 11 is 0. The van der Waals surface area contributed by atoms with Crippen LogP contribution in [0.1, 0.15) is 53.1 Å². The zero-order chi connectivity index (χ0) is 21.1. The van der Waals surface area contributed by atoms with Gasteiger partial charge in [0.25, 0.3) is 5.91 Å². The van der Waals surface area contributed by atoms with Gasteiger partial charge in [-0.2, -0.15) is 18.3 Å². The molecule has 152 valence electrons. The first kappa shape index (κ1) is 21.4. The van der Waals surface area contributed by atoms with Crippen LogP contribution in [0.4, 0.5) is 13.2 Å². The van der Waals surface area contributed by atoms with Gasteiger partial charge in [-0.1, -0.05) is 13.3 Å². The second kappa shape index (κ2) is 8.01. The largest absolute Gasteiger partial charge is 0.478 e. The molecule has 1 aromatic carbocycles. The number of halogens is 3. The van der Waals surface area contributed by atoms with Gasteiger partial charge in [-0.25, -0.2) is 9.48 Å². The van der Waals surface area contributed by atoms with E-state index in [0.717, 1.165) is 6.42 Å². The van der Waals surface area contributed by atoms with Crippen molar-refractivity contribution in [2.24, 2.45) is 0 Å². The van der Waals surface area contributed by atoms with E-state index in [1.165, 1.54) is 24.3 Å². The summed E-state index contributed by atoms with van der Waals surface area (Å²) in [6.45, 7) is 3.52. The summed E-state index contributed by atoms with van der Waals surface area (Å²) in [7, 11) is 0. The van der Waals surface area contributed by atoms with Gasteiger partial charge in [0, 0.05) is 12.1 Å². The minimum absolute atomic E-state index is 0.0285. The van der Waals surface area contributed by atoms with Crippen LogP contribution >= 0.6 is 0 Å². The minimum atomic E-state index is -4.93. The Morgan fingerprint density at radius 2 is 1.82 bits per heavy atom. The molecule has 0 fully saturated rings. The lowest BCUT2D eigenvalue weighted by Crippen LogP contribution is -2.40. The molecule has 0 aliphatic carbocycles. The maximum absolute atomic E-state index is 13.3. The number of hydrogen-bond acceptors (Lipinski definition) is 4. The molecule has 28 heavy (non-hydrogen) atoms. The van der Waals surface area contributed by atoms with Crippen molar-refractivity contribution in [3.05, 3.63) is 47.3 Å². The molecule has 0 spiro atoms. The number of benzene rings is 1. The average molecular weight is 399 g/mol. The van der Waals surface area contributed by atoms with Crippen molar-refractivity contribution in [3.63, 3.8) is 0 Å². The molecule has 7 nitrogen and oxygen atoms in total. The molecule has 1 atom stereocenters. The molecule has 0 aliphatic rings. The van der Waals surface area contributed by atoms with Crippen molar-refractivity contribution in [3.8, 4) is 5.69 Å². The number of nitrogens with one attached hydrogen (secondary N) is 1. The van der Waals surface area contributed by atoms with E-state index in [-0.39, 0.29) is 17.8 Å². The molecule has 0 bridgehead atoms. The van der Waals surface area contributed by atoms with Crippen LogP contribution in [0.3, 0.4) is 0 Å². The van der Waals surface area contributed by atoms with Crippen LogP contribution in [0.5, 0.6) is 0 Å². The van der Waals surface area contributed by atoms with Crippen LogP contribution in [-0.2, 0) is 6.18 Å². The third kappa shape index (κ3) is 4.89. The highest BCUT2D eigenvalue weighted by atomic mass is 19.4. The van der Waals surface area contributed by atoms with Crippen LogP contribution in [0.15, 0.2) is 30.5 Å². The highest BCUT2D eigenvalue weighted by Gasteiger charge is 2.40. The van der Waals surface area contributed by atoms with Gasteiger partial charge < -0.3 is 15.5 Å². The highest BCUT2D eigenvalue weighted by Crippen LogP contribution is 2.33. The predicted molar refractivity (Wildman–Crippen MR) is 93.4 cm³/mol. The Bertz CT molecular complexity index is 858. The van der Waals surface area contributed by atoms with Gasteiger partial charge in [-0.3, -0.25) is 4.79 Å². The second-order valence-corrected chi connectivity index (χ2v) is 6.60. The zero-order valence-corrected chi connectivity index (χ0v) is 15.2. The minimum Gasteiger partial charge on any atom is -0.478 e. The quantitative estimate of drug-likeness (QED) is 0.664. The molecule has 1 unspecified atom stereocenters. The Kier molecular flexibility index (Phi) is 6.13. The van der Waals surface area contributed by atoms with Crippen LogP contribution < -0.4 is 5.32 Å². The van der Waals surface area contributed by atoms with Crippen LogP contribution in [-0.4, -0.2) is 44.0 Å². The van der Waals surface area contributed by atoms with Gasteiger partial charge in [-0.15, -0.1) is 0 Å². The molecule has 3 N–H and O–H groups in total. The molecule has 2 rings (SSSR count). The predicted octanol–water partition coefficient (Wildman–Crippen LogP) is 2.87. The summed E-state index contributed by atoms with van der Waals surface area (Å²) in [5.41, 5.74) is -3.31. The molecular weight excluding hydrogens is 379 g/mol. The van der Waals surface area contributed by atoms with E-state index in [2.05, 4.69) is 10.4 Å². The molecule has 1 aromatic heterocycles. The fourth-order valence-corrected chi connectivity index (χ4v) is 2.73. The van der Waals surface area contributed by atoms with Crippen LogP contribution in [0, 0.1) is 0 Å². The van der Waals surface area contributed by atoms with Crippen molar-refractivity contribution in [1.82, 2.24) is 15.1 Å².